The quantitative estimate of drug-likeness (QED) is 0.377. The van der Waals surface area contributed by atoms with E-state index < -0.39 is 0 Å². The van der Waals surface area contributed by atoms with Gasteiger partial charge in [0, 0.05) is 12.2 Å². The minimum atomic E-state index is 0.682. The van der Waals surface area contributed by atoms with Crippen LogP contribution in [0.4, 0.5) is 0 Å². The van der Waals surface area contributed by atoms with Crippen molar-refractivity contribution in [3.63, 3.8) is 0 Å². The lowest BCUT2D eigenvalue weighted by molar-refractivity contribution is 0.601. The van der Waals surface area contributed by atoms with Crippen molar-refractivity contribution in [1.82, 2.24) is 5.32 Å². The second kappa shape index (κ2) is 13.5. The first kappa shape index (κ1) is 18.0. The maximum Gasteiger partial charge on any atom is 0.0296 e. The molecule has 0 aromatic heterocycles. The van der Waals surface area contributed by atoms with Crippen LogP contribution in [-0.2, 0) is 0 Å². The van der Waals surface area contributed by atoms with Crippen LogP contribution in [0.3, 0.4) is 0 Å². The van der Waals surface area contributed by atoms with Gasteiger partial charge in [-0.05, 0) is 31.8 Å². The second-order valence-electron chi connectivity index (χ2n) is 5.51. The van der Waals surface area contributed by atoms with Crippen molar-refractivity contribution in [2.24, 2.45) is 5.92 Å². The summed E-state index contributed by atoms with van der Waals surface area (Å²) in [5, 5.41) is 3.43. The summed E-state index contributed by atoms with van der Waals surface area (Å²) in [6.07, 6.45) is 18.9. The summed E-state index contributed by atoms with van der Waals surface area (Å²) >= 11 is 0. The summed E-state index contributed by atoms with van der Waals surface area (Å²) in [7, 11) is 0. The van der Waals surface area contributed by atoms with Crippen LogP contribution in [0.2, 0.25) is 0 Å². The number of hydrogen-bond acceptors (Lipinski definition) is 1. The van der Waals surface area contributed by atoms with Crippen molar-refractivity contribution >= 4 is 0 Å². The molecular formula is C18H33N. The van der Waals surface area contributed by atoms with E-state index in [2.05, 4.69) is 63.4 Å². The molecule has 0 saturated heterocycles. The summed E-state index contributed by atoms with van der Waals surface area (Å²) < 4.78 is 0. The van der Waals surface area contributed by atoms with E-state index in [1.165, 1.54) is 44.2 Å². The Hall–Kier alpha value is -0.980. The Labute approximate surface area is 120 Å². The van der Waals surface area contributed by atoms with E-state index in [0.717, 1.165) is 6.54 Å². The Bertz CT molecular complexity index is 271. The summed E-state index contributed by atoms with van der Waals surface area (Å²) in [5.41, 5.74) is 1.21. The fourth-order valence-electron chi connectivity index (χ4n) is 1.78. The summed E-state index contributed by atoms with van der Waals surface area (Å²) in [6.45, 7) is 9.82. The van der Waals surface area contributed by atoms with Gasteiger partial charge in [-0.2, -0.15) is 0 Å². The Kier molecular flexibility index (Phi) is 12.8. The lowest BCUT2D eigenvalue weighted by Crippen LogP contribution is -2.17. The molecule has 0 aromatic carbocycles. The fourth-order valence-corrected chi connectivity index (χ4v) is 1.78. The standard InChI is InChI=1S/C18H33N/c1-5-7-8-9-10-11-12-13-14-15-18(6-2)19-16-17(3)4/h6,12-15,17,19H,5,7-11,16H2,1-4H3/b13-12+,15-14+,18-6+. The largest absolute Gasteiger partial charge is 0.385 e. The maximum absolute atomic E-state index is 3.43. The van der Waals surface area contributed by atoms with Gasteiger partial charge in [-0.15, -0.1) is 0 Å². The van der Waals surface area contributed by atoms with Crippen LogP contribution in [0, 0.1) is 5.92 Å². The van der Waals surface area contributed by atoms with E-state index >= 15 is 0 Å². The molecule has 0 spiro atoms. The number of rotatable bonds is 11. The third-order valence-electron chi connectivity index (χ3n) is 3.02. The van der Waals surface area contributed by atoms with Crippen LogP contribution >= 0.6 is 0 Å². The van der Waals surface area contributed by atoms with Gasteiger partial charge in [0.2, 0.25) is 0 Å². The molecule has 0 atom stereocenters. The van der Waals surface area contributed by atoms with Gasteiger partial charge >= 0.3 is 0 Å². The summed E-state index contributed by atoms with van der Waals surface area (Å²) in [5.74, 6) is 0.682. The molecule has 1 N–H and O–H groups in total. The SMILES string of the molecule is C\C=C(/C=C/C=C/CCCCCCC)NCC(C)C. The van der Waals surface area contributed by atoms with E-state index in [4.69, 9.17) is 0 Å². The van der Waals surface area contributed by atoms with Gasteiger partial charge in [0.05, 0.1) is 0 Å². The summed E-state index contributed by atoms with van der Waals surface area (Å²) in [4.78, 5) is 0. The van der Waals surface area contributed by atoms with Crippen LogP contribution in [-0.4, -0.2) is 6.54 Å². The van der Waals surface area contributed by atoms with Gasteiger partial charge in [-0.25, -0.2) is 0 Å². The van der Waals surface area contributed by atoms with Crippen molar-refractivity contribution in [1.29, 1.82) is 0 Å². The Morgan fingerprint density at radius 2 is 1.79 bits per heavy atom. The van der Waals surface area contributed by atoms with Crippen LogP contribution in [0.5, 0.6) is 0 Å². The van der Waals surface area contributed by atoms with Crippen LogP contribution in [0.15, 0.2) is 36.1 Å². The number of allylic oxidation sites excluding steroid dienone is 5. The van der Waals surface area contributed by atoms with E-state index in [1.54, 1.807) is 0 Å². The van der Waals surface area contributed by atoms with Crippen molar-refractivity contribution in [3.8, 4) is 0 Å². The monoisotopic (exact) mass is 263 g/mol. The molecule has 0 aliphatic heterocycles. The molecule has 0 aliphatic rings. The van der Waals surface area contributed by atoms with Crippen LogP contribution in [0.1, 0.15) is 66.2 Å². The predicted octanol–water partition coefficient (Wildman–Crippen LogP) is 5.61. The van der Waals surface area contributed by atoms with E-state index in [-0.39, 0.29) is 0 Å². The molecule has 0 unspecified atom stereocenters. The maximum atomic E-state index is 3.43. The lowest BCUT2D eigenvalue weighted by Gasteiger charge is -2.08. The molecule has 110 valence electrons. The predicted molar refractivity (Wildman–Crippen MR) is 88.3 cm³/mol. The molecule has 0 bridgehead atoms. The van der Waals surface area contributed by atoms with Crippen LogP contribution < -0.4 is 5.32 Å². The average molecular weight is 263 g/mol. The molecule has 0 fully saturated rings. The van der Waals surface area contributed by atoms with Crippen LogP contribution in [0.25, 0.3) is 0 Å². The molecule has 0 rings (SSSR count). The smallest absolute Gasteiger partial charge is 0.0296 e. The van der Waals surface area contributed by atoms with Gasteiger partial charge in [0.15, 0.2) is 0 Å². The van der Waals surface area contributed by atoms with Crippen molar-refractivity contribution in [3.05, 3.63) is 36.1 Å². The van der Waals surface area contributed by atoms with Gasteiger partial charge in [0.25, 0.3) is 0 Å². The first-order valence-corrected chi connectivity index (χ1v) is 7.94. The normalized spacial score (nSPS) is 13.0. The Morgan fingerprint density at radius 1 is 1.05 bits per heavy atom. The first-order chi connectivity index (χ1) is 9.20. The molecule has 1 nitrogen and oxygen atoms in total. The number of nitrogens with one attached hydrogen (secondary N) is 1. The third kappa shape index (κ3) is 13.3. The fraction of sp³-hybridized carbons (Fsp3) is 0.667. The minimum Gasteiger partial charge on any atom is -0.385 e. The zero-order valence-electron chi connectivity index (χ0n) is 13.4. The molecule has 1 heteroatoms. The molecule has 0 aromatic rings. The molecule has 0 amide bonds. The van der Waals surface area contributed by atoms with Gasteiger partial charge < -0.3 is 5.32 Å². The van der Waals surface area contributed by atoms with Crippen molar-refractivity contribution < 1.29 is 0 Å². The third-order valence-corrected chi connectivity index (χ3v) is 3.02. The van der Waals surface area contributed by atoms with Gasteiger partial charge in [0.1, 0.15) is 0 Å². The zero-order chi connectivity index (χ0) is 14.3. The highest BCUT2D eigenvalue weighted by atomic mass is 14.9. The molecule has 0 aliphatic carbocycles. The molecule has 0 heterocycles. The number of unbranched alkanes of at least 4 members (excludes halogenated alkanes) is 5. The molecular weight excluding hydrogens is 230 g/mol. The van der Waals surface area contributed by atoms with E-state index in [9.17, 15) is 0 Å². The minimum absolute atomic E-state index is 0.682. The summed E-state index contributed by atoms with van der Waals surface area (Å²) in [6, 6.07) is 0. The average Bonchev–Trinajstić information content (AvgIpc) is 2.40. The Balaban J connectivity index is 3.68. The van der Waals surface area contributed by atoms with Gasteiger partial charge in [-0.1, -0.05) is 70.8 Å². The molecule has 19 heavy (non-hydrogen) atoms. The first-order valence-electron chi connectivity index (χ1n) is 7.94. The molecule has 0 saturated carbocycles. The van der Waals surface area contributed by atoms with E-state index in [1.807, 2.05) is 0 Å². The van der Waals surface area contributed by atoms with E-state index in [0.29, 0.717) is 5.92 Å². The topological polar surface area (TPSA) is 12.0 Å². The highest BCUT2D eigenvalue weighted by molar-refractivity contribution is 5.20. The van der Waals surface area contributed by atoms with Gasteiger partial charge in [-0.3, -0.25) is 0 Å². The van der Waals surface area contributed by atoms with Crippen molar-refractivity contribution in [2.75, 3.05) is 6.54 Å². The number of hydrogen-bond donors (Lipinski definition) is 1. The lowest BCUT2D eigenvalue weighted by atomic mass is 10.1. The second-order valence-corrected chi connectivity index (χ2v) is 5.51. The Morgan fingerprint density at radius 3 is 2.42 bits per heavy atom. The van der Waals surface area contributed by atoms with Crippen molar-refractivity contribution in [2.45, 2.75) is 66.2 Å². The highest BCUT2D eigenvalue weighted by Gasteiger charge is 1.93. The molecule has 0 radical (unpaired) electrons. The zero-order valence-corrected chi connectivity index (χ0v) is 13.4. The highest BCUT2D eigenvalue weighted by Crippen LogP contribution is 2.05.